The molecule has 4 heteroatoms. The van der Waals surface area contributed by atoms with Gasteiger partial charge >= 0.3 is 0 Å². The smallest absolute Gasteiger partial charge is 0.256 e. The Morgan fingerprint density at radius 2 is 2.11 bits per heavy atom. The molecule has 1 atom stereocenters. The van der Waals surface area contributed by atoms with E-state index >= 15 is 0 Å². The van der Waals surface area contributed by atoms with Crippen LogP contribution in [0.5, 0.6) is 0 Å². The van der Waals surface area contributed by atoms with Gasteiger partial charge in [0.15, 0.2) is 0 Å². The molecule has 1 heterocycles. The lowest BCUT2D eigenvalue weighted by molar-refractivity contribution is -0.134. The number of ether oxygens (including phenoxy) is 1. The summed E-state index contributed by atoms with van der Waals surface area (Å²) in [5.41, 5.74) is 2.10. The Morgan fingerprint density at radius 3 is 2.78 bits per heavy atom. The Morgan fingerprint density at radius 1 is 1.39 bits per heavy atom. The number of carbonyl (C=O) groups is 1. The Bertz CT molecular complexity index is 402. The maximum atomic E-state index is 12.2. The standard InChI is InChI=1S/C14H19NO3/c1-11-4-6-12(7-5-11)15-8-10-18-13(14(15)17)3-2-9-16/h4-7,13,16H,2-3,8-10H2,1H3. The van der Waals surface area contributed by atoms with E-state index in [1.807, 2.05) is 31.2 Å². The minimum Gasteiger partial charge on any atom is -0.396 e. The predicted octanol–water partition coefficient (Wildman–Crippen LogP) is 1.50. The molecular weight excluding hydrogens is 230 g/mol. The molecule has 0 spiro atoms. The topological polar surface area (TPSA) is 49.8 Å². The van der Waals surface area contributed by atoms with E-state index in [1.54, 1.807) is 4.90 Å². The van der Waals surface area contributed by atoms with Crippen LogP contribution in [0, 0.1) is 6.92 Å². The van der Waals surface area contributed by atoms with Crippen molar-refractivity contribution in [2.45, 2.75) is 25.9 Å². The molecule has 0 saturated carbocycles. The zero-order valence-corrected chi connectivity index (χ0v) is 10.6. The largest absolute Gasteiger partial charge is 0.396 e. The summed E-state index contributed by atoms with van der Waals surface area (Å²) < 4.78 is 5.47. The number of nitrogens with zero attached hydrogens (tertiary/aromatic N) is 1. The lowest BCUT2D eigenvalue weighted by Crippen LogP contribution is -2.48. The molecule has 1 saturated heterocycles. The van der Waals surface area contributed by atoms with Crippen molar-refractivity contribution < 1.29 is 14.6 Å². The van der Waals surface area contributed by atoms with Crippen molar-refractivity contribution in [3.05, 3.63) is 29.8 Å². The second-order valence-corrected chi connectivity index (χ2v) is 4.55. The number of morpholine rings is 1. The third-order valence-corrected chi connectivity index (χ3v) is 3.15. The van der Waals surface area contributed by atoms with Gasteiger partial charge < -0.3 is 14.7 Å². The second-order valence-electron chi connectivity index (χ2n) is 4.55. The van der Waals surface area contributed by atoms with E-state index in [4.69, 9.17) is 9.84 Å². The molecule has 1 aliphatic heterocycles. The van der Waals surface area contributed by atoms with E-state index in [1.165, 1.54) is 5.56 Å². The van der Waals surface area contributed by atoms with Gasteiger partial charge in [0.05, 0.1) is 6.61 Å². The summed E-state index contributed by atoms with van der Waals surface area (Å²) in [5.74, 6) is -0.00134. The minimum atomic E-state index is -0.410. The molecule has 2 rings (SSSR count). The van der Waals surface area contributed by atoms with Crippen molar-refractivity contribution in [3.8, 4) is 0 Å². The number of aliphatic hydroxyl groups is 1. The molecule has 1 N–H and O–H groups in total. The lowest BCUT2D eigenvalue weighted by atomic mass is 10.1. The van der Waals surface area contributed by atoms with Gasteiger partial charge in [-0.05, 0) is 31.9 Å². The van der Waals surface area contributed by atoms with Gasteiger partial charge in [-0.2, -0.15) is 0 Å². The van der Waals surface area contributed by atoms with Gasteiger partial charge in [-0.25, -0.2) is 0 Å². The van der Waals surface area contributed by atoms with Crippen molar-refractivity contribution in [2.75, 3.05) is 24.7 Å². The van der Waals surface area contributed by atoms with Crippen LogP contribution < -0.4 is 4.90 Å². The minimum absolute atomic E-state index is 0.00134. The van der Waals surface area contributed by atoms with Gasteiger partial charge in [0.2, 0.25) is 0 Å². The Labute approximate surface area is 107 Å². The molecule has 0 aliphatic carbocycles. The molecule has 1 fully saturated rings. The molecule has 1 aliphatic rings. The van der Waals surface area contributed by atoms with E-state index in [9.17, 15) is 4.79 Å². The van der Waals surface area contributed by atoms with Crippen molar-refractivity contribution in [3.63, 3.8) is 0 Å². The van der Waals surface area contributed by atoms with E-state index < -0.39 is 6.10 Å². The summed E-state index contributed by atoms with van der Waals surface area (Å²) in [4.78, 5) is 14.0. The third-order valence-electron chi connectivity index (χ3n) is 3.15. The number of rotatable bonds is 4. The Hall–Kier alpha value is -1.39. The molecule has 1 aromatic carbocycles. The normalized spacial score (nSPS) is 20.2. The van der Waals surface area contributed by atoms with Crippen LogP contribution in [0.2, 0.25) is 0 Å². The van der Waals surface area contributed by atoms with Gasteiger partial charge in [-0.3, -0.25) is 4.79 Å². The quantitative estimate of drug-likeness (QED) is 0.879. The average molecular weight is 249 g/mol. The summed E-state index contributed by atoms with van der Waals surface area (Å²) >= 11 is 0. The average Bonchev–Trinajstić information content (AvgIpc) is 2.39. The summed E-state index contributed by atoms with van der Waals surface area (Å²) in [6.07, 6.45) is 0.766. The zero-order chi connectivity index (χ0) is 13.0. The van der Waals surface area contributed by atoms with Gasteiger partial charge in [0.1, 0.15) is 6.10 Å². The fourth-order valence-electron chi connectivity index (χ4n) is 2.11. The first kappa shape index (κ1) is 13.1. The Kier molecular flexibility index (Phi) is 4.33. The van der Waals surface area contributed by atoms with Crippen molar-refractivity contribution in [1.82, 2.24) is 0 Å². The number of carbonyl (C=O) groups excluding carboxylic acids is 1. The number of amides is 1. The summed E-state index contributed by atoms with van der Waals surface area (Å²) in [6, 6.07) is 7.92. The van der Waals surface area contributed by atoms with Gasteiger partial charge in [-0.1, -0.05) is 17.7 Å². The van der Waals surface area contributed by atoms with Crippen LogP contribution in [0.15, 0.2) is 24.3 Å². The number of hydrogen-bond donors (Lipinski definition) is 1. The molecular formula is C14H19NO3. The van der Waals surface area contributed by atoms with Gasteiger partial charge in [0.25, 0.3) is 5.91 Å². The molecule has 1 amide bonds. The second kappa shape index (κ2) is 5.98. The first-order valence-electron chi connectivity index (χ1n) is 6.33. The van der Waals surface area contributed by atoms with Crippen LogP contribution in [0.1, 0.15) is 18.4 Å². The summed E-state index contributed by atoms with van der Waals surface area (Å²) in [7, 11) is 0. The maximum absolute atomic E-state index is 12.2. The van der Waals surface area contributed by atoms with Crippen LogP contribution in [0.4, 0.5) is 5.69 Å². The molecule has 98 valence electrons. The van der Waals surface area contributed by atoms with Crippen molar-refractivity contribution in [1.29, 1.82) is 0 Å². The number of benzene rings is 1. The van der Waals surface area contributed by atoms with Crippen LogP contribution in [0.25, 0.3) is 0 Å². The summed E-state index contributed by atoms with van der Waals surface area (Å²) in [6.45, 7) is 3.26. The maximum Gasteiger partial charge on any atom is 0.256 e. The fraction of sp³-hybridized carbons (Fsp3) is 0.500. The molecule has 1 unspecified atom stereocenters. The van der Waals surface area contributed by atoms with E-state index in [-0.39, 0.29) is 12.5 Å². The van der Waals surface area contributed by atoms with Crippen LogP contribution in [-0.4, -0.2) is 36.9 Å². The third kappa shape index (κ3) is 2.89. The predicted molar refractivity (Wildman–Crippen MR) is 69.6 cm³/mol. The summed E-state index contributed by atoms with van der Waals surface area (Å²) in [5, 5.41) is 8.82. The molecule has 0 bridgehead atoms. The number of aryl methyl sites for hydroxylation is 1. The highest BCUT2D eigenvalue weighted by atomic mass is 16.5. The molecule has 4 nitrogen and oxygen atoms in total. The van der Waals surface area contributed by atoms with Crippen molar-refractivity contribution in [2.24, 2.45) is 0 Å². The monoisotopic (exact) mass is 249 g/mol. The molecule has 0 aromatic heterocycles. The van der Waals surface area contributed by atoms with Crippen molar-refractivity contribution >= 4 is 11.6 Å². The van der Waals surface area contributed by atoms with Gasteiger partial charge in [-0.15, -0.1) is 0 Å². The Balaban J connectivity index is 2.08. The van der Waals surface area contributed by atoms with E-state index in [2.05, 4.69) is 0 Å². The first-order valence-corrected chi connectivity index (χ1v) is 6.33. The highest BCUT2D eigenvalue weighted by Gasteiger charge is 2.29. The number of aliphatic hydroxyl groups excluding tert-OH is 1. The molecule has 1 aromatic rings. The van der Waals surface area contributed by atoms with E-state index in [0.29, 0.717) is 26.0 Å². The fourth-order valence-corrected chi connectivity index (χ4v) is 2.11. The van der Waals surface area contributed by atoms with E-state index in [0.717, 1.165) is 5.69 Å². The zero-order valence-electron chi connectivity index (χ0n) is 10.6. The number of anilines is 1. The van der Waals surface area contributed by atoms with Crippen LogP contribution in [0.3, 0.4) is 0 Å². The SMILES string of the molecule is Cc1ccc(N2CCOC(CCCO)C2=O)cc1. The van der Waals surface area contributed by atoms with Gasteiger partial charge in [0, 0.05) is 18.8 Å². The highest BCUT2D eigenvalue weighted by molar-refractivity contribution is 5.97. The lowest BCUT2D eigenvalue weighted by Gasteiger charge is -2.32. The van der Waals surface area contributed by atoms with Crippen LogP contribution in [-0.2, 0) is 9.53 Å². The highest BCUT2D eigenvalue weighted by Crippen LogP contribution is 2.21. The molecule has 18 heavy (non-hydrogen) atoms. The molecule has 0 radical (unpaired) electrons. The van der Waals surface area contributed by atoms with Crippen LogP contribution >= 0.6 is 0 Å². The number of hydrogen-bond acceptors (Lipinski definition) is 3. The first-order chi connectivity index (χ1) is 8.72.